The molecule has 0 fully saturated rings. The molecule has 0 spiro atoms. The van der Waals surface area contributed by atoms with Crippen molar-refractivity contribution in [2.24, 2.45) is 0 Å². The van der Waals surface area contributed by atoms with Gasteiger partial charge in [0.2, 0.25) is 0 Å². The fraction of sp³-hybridized carbons (Fsp3) is 0.231. The zero-order chi connectivity index (χ0) is 12.3. The van der Waals surface area contributed by atoms with Crippen LogP contribution in [0.2, 0.25) is 5.02 Å². The first kappa shape index (κ1) is 12.3. The van der Waals surface area contributed by atoms with E-state index < -0.39 is 0 Å². The van der Waals surface area contributed by atoms with Crippen LogP contribution >= 0.6 is 23.8 Å². The highest BCUT2D eigenvalue weighted by Crippen LogP contribution is 2.18. The zero-order valence-corrected chi connectivity index (χ0v) is 11.1. The van der Waals surface area contributed by atoms with Gasteiger partial charge in [-0.05, 0) is 36.8 Å². The Kier molecular flexibility index (Phi) is 3.92. The molecule has 2 aromatic rings. The minimum Gasteiger partial charge on any atom is -0.343 e. The van der Waals surface area contributed by atoms with Crippen molar-refractivity contribution in [3.63, 3.8) is 0 Å². The van der Waals surface area contributed by atoms with Crippen LogP contribution in [-0.2, 0) is 6.42 Å². The maximum absolute atomic E-state index is 5.86. The topological polar surface area (TPSA) is 28.7 Å². The second-order valence-electron chi connectivity index (χ2n) is 3.85. The summed E-state index contributed by atoms with van der Waals surface area (Å²) in [6.45, 7) is 2.14. The van der Waals surface area contributed by atoms with E-state index in [4.69, 9.17) is 23.8 Å². The van der Waals surface area contributed by atoms with Crippen molar-refractivity contribution in [3.05, 3.63) is 45.7 Å². The zero-order valence-electron chi connectivity index (χ0n) is 9.53. The van der Waals surface area contributed by atoms with Gasteiger partial charge >= 0.3 is 0 Å². The van der Waals surface area contributed by atoms with Gasteiger partial charge in [0.15, 0.2) is 0 Å². The summed E-state index contributed by atoms with van der Waals surface area (Å²) in [5.41, 5.74) is 2.12. The number of nitrogens with one attached hydrogen (secondary N) is 1. The van der Waals surface area contributed by atoms with Crippen LogP contribution in [0.5, 0.6) is 0 Å². The van der Waals surface area contributed by atoms with Gasteiger partial charge in [-0.1, -0.05) is 37.2 Å². The van der Waals surface area contributed by atoms with Gasteiger partial charge in [0, 0.05) is 16.3 Å². The van der Waals surface area contributed by atoms with Crippen molar-refractivity contribution in [2.75, 3.05) is 0 Å². The van der Waals surface area contributed by atoms with Crippen LogP contribution in [0.3, 0.4) is 0 Å². The normalized spacial score (nSPS) is 10.5. The van der Waals surface area contributed by atoms with Crippen molar-refractivity contribution >= 4 is 23.8 Å². The number of H-pyrrole nitrogens is 1. The average molecular weight is 265 g/mol. The van der Waals surface area contributed by atoms with E-state index in [0.29, 0.717) is 4.64 Å². The summed E-state index contributed by atoms with van der Waals surface area (Å²) in [4.78, 5) is 7.63. The lowest BCUT2D eigenvalue weighted by Crippen LogP contribution is -1.95. The molecule has 17 heavy (non-hydrogen) atoms. The summed E-state index contributed by atoms with van der Waals surface area (Å²) in [6.07, 6.45) is 2.06. The Bertz CT molecular complexity index is 560. The van der Waals surface area contributed by atoms with Crippen molar-refractivity contribution in [1.82, 2.24) is 9.97 Å². The second kappa shape index (κ2) is 5.43. The Morgan fingerprint density at radius 3 is 2.65 bits per heavy atom. The van der Waals surface area contributed by atoms with E-state index in [-0.39, 0.29) is 0 Å². The van der Waals surface area contributed by atoms with Gasteiger partial charge in [-0.15, -0.1) is 0 Å². The number of nitrogens with zero attached hydrogens (tertiary/aromatic N) is 1. The van der Waals surface area contributed by atoms with E-state index in [9.17, 15) is 0 Å². The smallest absolute Gasteiger partial charge is 0.139 e. The molecule has 0 aliphatic heterocycles. The monoisotopic (exact) mass is 264 g/mol. The number of rotatable bonds is 3. The summed E-state index contributed by atoms with van der Waals surface area (Å²) in [5, 5.41) is 0.719. The first-order valence-corrected chi connectivity index (χ1v) is 6.34. The van der Waals surface area contributed by atoms with E-state index in [2.05, 4.69) is 16.9 Å². The summed E-state index contributed by atoms with van der Waals surface area (Å²) in [5.74, 6) is 0.803. The molecule has 1 heterocycles. The predicted molar refractivity (Wildman–Crippen MR) is 73.9 cm³/mol. The molecule has 1 aromatic carbocycles. The van der Waals surface area contributed by atoms with Gasteiger partial charge in [-0.3, -0.25) is 0 Å². The van der Waals surface area contributed by atoms with E-state index >= 15 is 0 Å². The van der Waals surface area contributed by atoms with Gasteiger partial charge in [-0.25, -0.2) is 4.98 Å². The molecule has 1 N–H and O–H groups in total. The molecular weight excluding hydrogens is 252 g/mol. The van der Waals surface area contributed by atoms with Crippen LogP contribution in [0.4, 0.5) is 0 Å². The van der Waals surface area contributed by atoms with Crippen LogP contribution in [0.1, 0.15) is 19.0 Å². The summed E-state index contributed by atoms with van der Waals surface area (Å²) in [7, 11) is 0. The molecule has 2 nitrogen and oxygen atoms in total. The molecule has 0 amide bonds. The molecular formula is C13H13ClN2S. The molecule has 0 unspecified atom stereocenters. The molecule has 0 saturated carbocycles. The summed E-state index contributed by atoms with van der Waals surface area (Å²) < 4.78 is 0.622. The molecule has 0 radical (unpaired) electrons. The lowest BCUT2D eigenvalue weighted by Gasteiger charge is -2.05. The lowest BCUT2D eigenvalue weighted by atomic mass is 10.2. The average Bonchev–Trinajstić information content (AvgIpc) is 2.29. The fourth-order valence-electron chi connectivity index (χ4n) is 1.66. The van der Waals surface area contributed by atoms with Crippen molar-refractivity contribution in [1.29, 1.82) is 0 Å². The SMILES string of the molecule is CCCc1cc(=S)nc(-c2ccc(Cl)cc2)[nH]1. The number of aryl methyl sites for hydroxylation is 1. The number of halogens is 1. The van der Waals surface area contributed by atoms with Crippen molar-refractivity contribution in [3.8, 4) is 11.4 Å². The molecule has 0 aliphatic rings. The van der Waals surface area contributed by atoms with Gasteiger partial charge < -0.3 is 4.98 Å². The Labute approximate surface area is 111 Å². The largest absolute Gasteiger partial charge is 0.343 e. The van der Waals surface area contributed by atoms with Gasteiger partial charge in [-0.2, -0.15) is 0 Å². The molecule has 0 atom stereocenters. The van der Waals surface area contributed by atoms with E-state index in [1.165, 1.54) is 0 Å². The number of benzene rings is 1. The minimum absolute atomic E-state index is 0.622. The number of aromatic nitrogens is 2. The Balaban J connectivity index is 2.44. The third-order valence-corrected chi connectivity index (χ3v) is 2.90. The minimum atomic E-state index is 0.622. The maximum atomic E-state index is 5.86. The molecule has 4 heteroatoms. The highest BCUT2D eigenvalue weighted by molar-refractivity contribution is 7.71. The highest BCUT2D eigenvalue weighted by atomic mass is 35.5. The number of aromatic amines is 1. The number of hydrogen-bond donors (Lipinski definition) is 1. The van der Waals surface area contributed by atoms with Crippen LogP contribution < -0.4 is 0 Å². The standard InChI is InChI=1S/C13H13ClN2S/c1-2-3-11-8-12(17)16-13(15-11)9-4-6-10(14)7-5-9/h4-8H,2-3H2,1H3,(H,15,16,17). The first-order valence-electron chi connectivity index (χ1n) is 5.55. The van der Waals surface area contributed by atoms with Crippen LogP contribution in [0.25, 0.3) is 11.4 Å². The molecule has 0 bridgehead atoms. The van der Waals surface area contributed by atoms with Crippen LogP contribution in [0, 0.1) is 4.64 Å². The summed E-state index contributed by atoms with van der Waals surface area (Å²) in [6, 6.07) is 9.49. The van der Waals surface area contributed by atoms with Crippen LogP contribution in [-0.4, -0.2) is 9.97 Å². The van der Waals surface area contributed by atoms with Crippen LogP contribution in [0.15, 0.2) is 30.3 Å². The summed E-state index contributed by atoms with van der Waals surface area (Å²) >= 11 is 11.0. The van der Waals surface area contributed by atoms with E-state index in [1.807, 2.05) is 30.3 Å². The Morgan fingerprint density at radius 1 is 1.29 bits per heavy atom. The third-order valence-electron chi connectivity index (χ3n) is 2.44. The maximum Gasteiger partial charge on any atom is 0.139 e. The van der Waals surface area contributed by atoms with Crippen molar-refractivity contribution in [2.45, 2.75) is 19.8 Å². The van der Waals surface area contributed by atoms with E-state index in [1.54, 1.807) is 0 Å². The van der Waals surface area contributed by atoms with Gasteiger partial charge in [0.05, 0.1) is 0 Å². The van der Waals surface area contributed by atoms with Gasteiger partial charge in [0.1, 0.15) is 10.5 Å². The second-order valence-corrected chi connectivity index (χ2v) is 4.70. The third kappa shape index (κ3) is 3.14. The molecule has 88 valence electrons. The molecule has 2 rings (SSSR count). The quantitative estimate of drug-likeness (QED) is 0.832. The fourth-order valence-corrected chi connectivity index (χ4v) is 2.02. The van der Waals surface area contributed by atoms with E-state index in [0.717, 1.165) is 34.9 Å². The highest BCUT2D eigenvalue weighted by Gasteiger charge is 2.02. The van der Waals surface area contributed by atoms with Crippen molar-refractivity contribution < 1.29 is 0 Å². The Morgan fingerprint density at radius 2 is 2.00 bits per heavy atom. The first-order chi connectivity index (χ1) is 8.19. The Hall–Kier alpha value is -1.19. The molecule has 0 aliphatic carbocycles. The number of hydrogen-bond acceptors (Lipinski definition) is 2. The predicted octanol–water partition coefficient (Wildman–Crippen LogP) is 4.41. The van der Waals surface area contributed by atoms with Gasteiger partial charge in [0.25, 0.3) is 0 Å². The molecule has 1 aromatic heterocycles. The molecule has 0 saturated heterocycles. The lowest BCUT2D eigenvalue weighted by molar-refractivity contribution is 0.873.